The van der Waals surface area contributed by atoms with Gasteiger partial charge in [-0.2, -0.15) is 5.10 Å². The summed E-state index contributed by atoms with van der Waals surface area (Å²) in [5.74, 6) is 0.999. The number of benzene rings is 1. The molecule has 2 N–H and O–H groups in total. The predicted molar refractivity (Wildman–Crippen MR) is 105 cm³/mol. The topological polar surface area (TPSA) is 101 Å². The van der Waals surface area contributed by atoms with Gasteiger partial charge in [0, 0.05) is 33.6 Å². The Balaban J connectivity index is 1.93. The molecule has 0 unspecified atom stereocenters. The summed E-state index contributed by atoms with van der Waals surface area (Å²) in [7, 11) is -2.54. The largest absolute Gasteiger partial charge is 0.322 e. The molecule has 3 aromatic rings. The Kier molecular flexibility index (Phi) is 5.84. The molecule has 0 bridgehead atoms. The van der Waals surface area contributed by atoms with Crippen LogP contribution in [0.3, 0.4) is 0 Å². The predicted octanol–water partition coefficient (Wildman–Crippen LogP) is 3.84. The summed E-state index contributed by atoms with van der Waals surface area (Å²) in [6.07, 6.45) is 1.53. The highest BCUT2D eigenvalue weighted by Crippen LogP contribution is 2.34. The lowest BCUT2D eigenvalue weighted by Crippen LogP contribution is -2.02. The summed E-state index contributed by atoms with van der Waals surface area (Å²) in [6.45, 7) is 3.49. The van der Waals surface area contributed by atoms with Crippen LogP contribution in [0.5, 0.6) is 0 Å². The Morgan fingerprint density at radius 1 is 1.23 bits per heavy atom. The zero-order chi connectivity index (χ0) is 18.6. The smallest absolute Gasteiger partial charge is 0.206 e. The van der Waals surface area contributed by atoms with Crippen molar-refractivity contribution >= 4 is 43.1 Å². The highest BCUT2D eigenvalue weighted by atomic mass is 33.1. The van der Waals surface area contributed by atoms with E-state index in [4.69, 9.17) is 0 Å². The van der Waals surface area contributed by atoms with Crippen molar-refractivity contribution in [2.24, 2.45) is 0 Å². The Morgan fingerprint density at radius 3 is 2.65 bits per heavy atom. The third-order valence-corrected chi connectivity index (χ3v) is 7.54. The molecular formula is C16H17N5O2S3. The maximum Gasteiger partial charge on any atom is 0.206 e. The minimum atomic E-state index is -3.29. The number of nitrogens with one attached hydrogen (secondary N) is 2. The van der Waals surface area contributed by atoms with E-state index in [0.29, 0.717) is 21.7 Å². The minimum Gasteiger partial charge on any atom is -0.322 e. The van der Waals surface area contributed by atoms with Gasteiger partial charge in [-0.25, -0.2) is 18.4 Å². The number of aromatic amines is 1. The number of H-pyrrole nitrogens is 1. The molecule has 0 amide bonds. The van der Waals surface area contributed by atoms with Gasteiger partial charge in [-0.3, -0.25) is 5.10 Å². The Morgan fingerprint density at radius 2 is 2.00 bits per heavy atom. The zero-order valence-corrected chi connectivity index (χ0v) is 16.6. The van der Waals surface area contributed by atoms with Gasteiger partial charge in [0.05, 0.1) is 10.6 Å². The summed E-state index contributed by atoms with van der Waals surface area (Å²) in [5.41, 5.74) is 0.885. The molecule has 136 valence electrons. The van der Waals surface area contributed by atoms with Crippen molar-refractivity contribution in [2.45, 2.75) is 28.8 Å². The van der Waals surface area contributed by atoms with Crippen LogP contribution in [-0.4, -0.2) is 34.3 Å². The summed E-state index contributed by atoms with van der Waals surface area (Å²) in [6, 6.07) is 11.5. The molecule has 7 nitrogen and oxygen atoms in total. The van der Waals surface area contributed by atoms with Crippen LogP contribution in [-0.2, 0) is 8.87 Å². The van der Waals surface area contributed by atoms with Crippen molar-refractivity contribution in [3.8, 4) is 0 Å². The van der Waals surface area contributed by atoms with Gasteiger partial charge in [0.2, 0.25) is 8.87 Å². The molecule has 0 saturated carbocycles. The number of nitrogens with zero attached hydrogens (tertiary/aromatic N) is 3. The second kappa shape index (κ2) is 8.11. The van der Waals surface area contributed by atoms with Crippen LogP contribution in [0.25, 0.3) is 0 Å². The van der Waals surface area contributed by atoms with Gasteiger partial charge in [0.1, 0.15) is 0 Å². The maximum absolute atomic E-state index is 12.0. The lowest BCUT2D eigenvalue weighted by atomic mass is 10.4. The molecule has 1 aromatic carbocycles. The quantitative estimate of drug-likeness (QED) is 0.450. The number of rotatable bonds is 7. The molecule has 0 saturated heterocycles. The van der Waals surface area contributed by atoms with E-state index in [1.54, 1.807) is 6.92 Å². The van der Waals surface area contributed by atoms with Crippen LogP contribution < -0.4 is 5.32 Å². The van der Waals surface area contributed by atoms with Gasteiger partial charge in [0.15, 0.2) is 16.8 Å². The monoisotopic (exact) mass is 407 g/mol. The van der Waals surface area contributed by atoms with E-state index >= 15 is 0 Å². The number of anilines is 2. The van der Waals surface area contributed by atoms with E-state index in [2.05, 4.69) is 25.5 Å². The molecule has 10 heteroatoms. The Bertz CT molecular complexity index is 990. The number of hydrogen-bond donors (Lipinski definition) is 2. The van der Waals surface area contributed by atoms with Crippen molar-refractivity contribution in [1.29, 1.82) is 0 Å². The molecule has 3 rings (SSSR count). The SMILES string of the molecule is CCS(=O)(=O)Sc1cnc(Sc2ccccc2)nc1Nc1cc(C)[nH]n1. The molecule has 2 heterocycles. The van der Waals surface area contributed by atoms with Crippen LogP contribution in [0, 0.1) is 6.92 Å². The first-order chi connectivity index (χ1) is 12.4. The fourth-order valence-electron chi connectivity index (χ4n) is 1.95. The van der Waals surface area contributed by atoms with Gasteiger partial charge in [-0.1, -0.05) is 25.1 Å². The number of aryl methyl sites for hydroxylation is 1. The summed E-state index contributed by atoms with van der Waals surface area (Å²) < 4.78 is 24.0. The number of hydrogen-bond acceptors (Lipinski definition) is 8. The van der Waals surface area contributed by atoms with Gasteiger partial charge in [-0.05, 0) is 30.8 Å². The normalized spacial score (nSPS) is 11.5. The fraction of sp³-hybridized carbons (Fsp3) is 0.188. The molecular weight excluding hydrogens is 390 g/mol. The standard InChI is InChI=1S/C16H17N5O2S3/c1-3-26(22,23)25-13-10-17-16(24-12-7-5-4-6-8-12)19-15(13)18-14-9-11(2)20-21-14/h4-10H,3H2,1-2H3,(H2,17,18,19,20,21). The third kappa shape index (κ3) is 4.99. The molecule has 0 aliphatic rings. The molecule has 0 aliphatic heterocycles. The van der Waals surface area contributed by atoms with E-state index in [1.165, 1.54) is 18.0 Å². The van der Waals surface area contributed by atoms with Gasteiger partial charge in [-0.15, -0.1) is 0 Å². The van der Waals surface area contributed by atoms with E-state index < -0.39 is 8.87 Å². The van der Waals surface area contributed by atoms with Crippen LogP contribution in [0.4, 0.5) is 11.6 Å². The van der Waals surface area contributed by atoms with Gasteiger partial charge in [0.25, 0.3) is 0 Å². The minimum absolute atomic E-state index is 0.0269. The van der Waals surface area contributed by atoms with Gasteiger partial charge >= 0.3 is 0 Å². The second-order valence-corrected chi connectivity index (χ2v) is 10.6. The van der Waals surface area contributed by atoms with Crippen molar-refractivity contribution in [3.05, 3.63) is 48.3 Å². The zero-order valence-electron chi connectivity index (χ0n) is 14.1. The molecule has 0 spiro atoms. The van der Waals surface area contributed by atoms with Crippen LogP contribution in [0.1, 0.15) is 12.6 Å². The Labute approximate surface area is 159 Å². The highest BCUT2D eigenvalue weighted by molar-refractivity contribution is 8.72. The molecule has 0 aliphatic carbocycles. The maximum atomic E-state index is 12.0. The lowest BCUT2D eigenvalue weighted by molar-refractivity contribution is 0.611. The van der Waals surface area contributed by atoms with Crippen LogP contribution in [0.2, 0.25) is 0 Å². The first kappa shape index (κ1) is 18.7. The van der Waals surface area contributed by atoms with Crippen molar-refractivity contribution in [3.63, 3.8) is 0 Å². The highest BCUT2D eigenvalue weighted by Gasteiger charge is 2.17. The first-order valence-electron chi connectivity index (χ1n) is 7.76. The van der Waals surface area contributed by atoms with Crippen molar-refractivity contribution in [2.75, 3.05) is 11.1 Å². The van der Waals surface area contributed by atoms with E-state index in [1.807, 2.05) is 43.3 Å². The molecule has 0 atom stereocenters. The van der Waals surface area contributed by atoms with E-state index in [9.17, 15) is 8.42 Å². The fourth-order valence-corrected chi connectivity index (χ4v) is 4.90. The molecule has 0 fully saturated rings. The van der Waals surface area contributed by atoms with E-state index in [-0.39, 0.29) is 5.75 Å². The van der Waals surface area contributed by atoms with Crippen molar-refractivity contribution in [1.82, 2.24) is 20.2 Å². The number of aromatic nitrogens is 4. The summed E-state index contributed by atoms with van der Waals surface area (Å²) in [5, 5.41) is 10.5. The average molecular weight is 408 g/mol. The molecule has 2 aromatic heterocycles. The van der Waals surface area contributed by atoms with E-state index in [0.717, 1.165) is 21.4 Å². The summed E-state index contributed by atoms with van der Waals surface area (Å²) in [4.78, 5) is 10.2. The summed E-state index contributed by atoms with van der Waals surface area (Å²) >= 11 is 1.40. The average Bonchev–Trinajstić information content (AvgIpc) is 3.03. The lowest BCUT2D eigenvalue weighted by Gasteiger charge is -2.10. The van der Waals surface area contributed by atoms with Gasteiger partial charge < -0.3 is 5.32 Å². The molecule has 26 heavy (non-hydrogen) atoms. The second-order valence-electron chi connectivity index (χ2n) is 5.27. The van der Waals surface area contributed by atoms with Crippen LogP contribution >= 0.6 is 22.6 Å². The molecule has 0 radical (unpaired) electrons. The van der Waals surface area contributed by atoms with Crippen molar-refractivity contribution < 1.29 is 8.42 Å². The van der Waals surface area contributed by atoms with Crippen LogP contribution in [0.15, 0.2) is 57.5 Å². The first-order valence-corrected chi connectivity index (χ1v) is 11.6. The Hall–Kier alpha value is -2.04. The third-order valence-electron chi connectivity index (χ3n) is 3.21.